The Balaban J connectivity index is 2.49. The van der Waals surface area contributed by atoms with Crippen molar-refractivity contribution in [3.63, 3.8) is 0 Å². The molecule has 0 radical (unpaired) electrons. The molecule has 0 aliphatic carbocycles. The first kappa shape index (κ1) is 13.5. The van der Waals surface area contributed by atoms with E-state index in [0.29, 0.717) is 18.8 Å². The molecule has 0 bridgehead atoms. The van der Waals surface area contributed by atoms with Crippen molar-refractivity contribution in [2.24, 2.45) is 11.7 Å². The fourth-order valence-electron chi connectivity index (χ4n) is 1.99. The molecule has 1 fully saturated rings. The van der Waals surface area contributed by atoms with E-state index in [2.05, 4.69) is 5.32 Å². The van der Waals surface area contributed by atoms with Crippen LogP contribution in [0.5, 0.6) is 0 Å². The number of rotatable bonds is 5. The summed E-state index contributed by atoms with van der Waals surface area (Å²) >= 11 is 0. The van der Waals surface area contributed by atoms with E-state index in [1.807, 2.05) is 20.8 Å². The summed E-state index contributed by atoms with van der Waals surface area (Å²) in [4.78, 5) is 12.0. The normalized spacial score (nSPS) is 23.1. The molecule has 4 nitrogen and oxygen atoms in total. The summed E-state index contributed by atoms with van der Waals surface area (Å²) in [5.41, 5.74) is 5.33. The molecule has 2 atom stereocenters. The van der Waals surface area contributed by atoms with Crippen LogP contribution in [0.1, 0.15) is 40.0 Å². The van der Waals surface area contributed by atoms with Gasteiger partial charge in [0.2, 0.25) is 5.91 Å². The summed E-state index contributed by atoms with van der Waals surface area (Å²) in [5.74, 6) is 0.402. The highest BCUT2D eigenvalue weighted by Gasteiger charge is 2.32. The van der Waals surface area contributed by atoms with Crippen LogP contribution in [0.15, 0.2) is 0 Å². The van der Waals surface area contributed by atoms with E-state index >= 15 is 0 Å². The van der Waals surface area contributed by atoms with E-state index in [9.17, 15) is 4.79 Å². The molecule has 0 aromatic carbocycles. The molecule has 0 saturated carbocycles. The van der Waals surface area contributed by atoms with Crippen LogP contribution in [0.3, 0.4) is 0 Å². The molecule has 2 unspecified atom stereocenters. The van der Waals surface area contributed by atoms with Gasteiger partial charge in [0.1, 0.15) is 0 Å². The Labute approximate surface area is 97.9 Å². The molecule has 1 aliphatic heterocycles. The Morgan fingerprint density at radius 1 is 1.56 bits per heavy atom. The third-order valence-electron chi connectivity index (χ3n) is 3.74. The molecule has 1 aliphatic rings. The molecule has 0 spiro atoms. The number of carbonyl (C=O) groups excluding carboxylic acids is 1. The maximum atomic E-state index is 12.0. The number of ether oxygens (including phenoxy) is 1. The lowest BCUT2D eigenvalue weighted by atomic mass is 9.91. The third-order valence-corrected chi connectivity index (χ3v) is 3.74. The van der Waals surface area contributed by atoms with Gasteiger partial charge >= 0.3 is 0 Å². The van der Waals surface area contributed by atoms with Gasteiger partial charge in [0.05, 0.1) is 12.1 Å². The lowest BCUT2D eigenvalue weighted by Gasteiger charge is -2.29. The van der Waals surface area contributed by atoms with E-state index in [1.54, 1.807) is 0 Å². The van der Waals surface area contributed by atoms with Crippen LogP contribution in [0.25, 0.3) is 0 Å². The van der Waals surface area contributed by atoms with Gasteiger partial charge < -0.3 is 15.8 Å². The average Bonchev–Trinajstić information content (AvgIpc) is 2.81. The van der Waals surface area contributed by atoms with Crippen molar-refractivity contribution in [3.8, 4) is 0 Å². The minimum atomic E-state index is -0.715. The van der Waals surface area contributed by atoms with Gasteiger partial charge in [-0.2, -0.15) is 0 Å². The zero-order valence-electron chi connectivity index (χ0n) is 10.6. The highest BCUT2D eigenvalue weighted by Crippen LogP contribution is 2.18. The van der Waals surface area contributed by atoms with Crippen LogP contribution in [-0.2, 0) is 9.53 Å². The standard InChI is InChI=1S/C12H24N2O2/c1-4-12(13,5-2)11(15)14-9(3)10-6-7-16-8-10/h9-10H,4-8,13H2,1-3H3,(H,14,15). The maximum Gasteiger partial charge on any atom is 0.240 e. The minimum absolute atomic E-state index is 0.0306. The van der Waals surface area contributed by atoms with Gasteiger partial charge in [-0.05, 0) is 26.2 Å². The zero-order chi connectivity index (χ0) is 12.2. The highest BCUT2D eigenvalue weighted by atomic mass is 16.5. The SMILES string of the molecule is CCC(N)(CC)C(=O)NC(C)C1CCOC1. The summed E-state index contributed by atoms with van der Waals surface area (Å²) < 4.78 is 5.32. The van der Waals surface area contributed by atoms with Gasteiger partial charge in [-0.25, -0.2) is 0 Å². The van der Waals surface area contributed by atoms with Crippen molar-refractivity contribution in [2.75, 3.05) is 13.2 Å². The van der Waals surface area contributed by atoms with Crippen LogP contribution in [0.2, 0.25) is 0 Å². The molecule has 0 aromatic heterocycles. The molecular weight excluding hydrogens is 204 g/mol. The lowest BCUT2D eigenvalue weighted by Crippen LogP contribution is -2.56. The maximum absolute atomic E-state index is 12.0. The minimum Gasteiger partial charge on any atom is -0.381 e. The number of amides is 1. The highest BCUT2D eigenvalue weighted by molar-refractivity contribution is 5.86. The summed E-state index contributed by atoms with van der Waals surface area (Å²) in [6.45, 7) is 7.49. The smallest absolute Gasteiger partial charge is 0.240 e. The number of nitrogens with two attached hydrogens (primary N) is 1. The van der Waals surface area contributed by atoms with Crippen molar-refractivity contribution in [1.29, 1.82) is 0 Å². The van der Waals surface area contributed by atoms with Crippen molar-refractivity contribution in [1.82, 2.24) is 5.32 Å². The van der Waals surface area contributed by atoms with Crippen LogP contribution in [0.4, 0.5) is 0 Å². The van der Waals surface area contributed by atoms with Gasteiger partial charge in [0, 0.05) is 18.6 Å². The molecule has 3 N–H and O–H groups in total. The largest absolute Gasteiger partial charge is 0.381 e. The van der Waals surface area contributed by atoms with Crippen LogP contribution >= 0.6 is 0 Å². The van der Waals surface area contributed by atoms with E-state index in [-0.39, 0.29) is 11.9 Å². The van der Waals surface area contributed by atoms with E-state index in [4.69, 9.17) is 10.5 Å². The Morgan fingerprint density at radius 2 is 2.19 bits per heavy atom. The van der Waals surface area contributed by atoms with Gasteiger partial charge in [0.15, 0.2) is 0 Å². The Bertz CT molecular complexity index is 233. The second kappa shape index (κ2) is 5.64. The predicted octanol–water partition coefficient (Wildman–Crippen LogP) is 1.05. The van der Waals surface area contributed by atoms with Crippen LogP contribution < -0.4 is 11.1 Å². The van der Waals surface area contributed by atoms with Crippen molar-refractivity contribution < 1.29 is 9.53 Å². The topological polar surface area (TPSA) is 64.4 Å². The van der Waals surface area contributed by atoms with Crippen LogP contribution in [0, 0.1) is 5.92 Å². The molecule has 1 heterocycles. The predicted molar refractivity (Wildman–Crippen MR) is 64.0 cm³/mol. The monoisotopic (exact) mass is 228 g/mol. The van der Waals surface area contributed by atoms with E-state index in [0.717, 1.165) is 19.6 Å². The Kier molecular flexibility index (Phi) is 4.74. The Hall–Kier alpha value is -0.610. The van der Waals surface area contributed by atoms with E-state index < -0.39 is 5.54 Å². The van der Waals surface area contributed by atoms with Gasteiger partial charge in [0.25, 0.3) is 0 Å². The van der Waals surface area contributed by atoms with Crippen molar-refractivity contribution in [3.05, 3.63) is 0 Å². The fourth-order valence-corrected chi connectivity index (χ4v) is 1.99. The molecule has 1 amide bonds. The van der Waals surface area contributed by atoms with Crippen LogP contribution in [-0.4, -0.2) is 30.7 Å². The number of hydrogen-bond donors (Lipinski definition) is 2. The zero-order valence-corrected chi connectivity index (χ0v) is 10.6. The van der Waals surface area contributed by atoms with Gasteiger partial charge in [-0.3, -0.25) is 4.79 Å². The molecular formula is C12H24N2O2. The average molecular weight is 228 g/mol. The summed E-state index contributed by atoms with van der Waals surface area (Å²) in [7, 11) is 0. The fraction of sp³-hybridized carbons (Fsp3) is 0.917. The molecule has 4 heteroatoms. The Morgan fingerprint density at radius 3 is 2.62 bits per heavy atom. The molecule has 1 saturated heterocycles. The number of hydrogen-bond acceptors (Lipinski definition) is 3. The second-order valence-electron chi connectivity index (χ2n) is 4.75. The summed E-state index contributed by atoms with van der Waals surface area (Å²) in [6.07, 6.45) is 2.36. The molecule has 16 heavy (non-hydrogen) atoms. The van der Waals surface area contributed by atoms with Gasteiger partial charge in [-0.1, -0.05) is 13.8 Å². The first-order valence-electron chi connectivity index (χ1n) is 6.21. The second-order valence-corrected chi connectivity index (χ2v) is 4.75. The quantitative estimate of drug-likeness (QED) is 0.739. The third kappa shape index (κ3) is 2.95. The number of nitrogens with one attached hydrogen (secondary N) is 1. The summed E-state index contributed by atoms with van der Waals surface area (Å²) in [6, 6.07) is 0.149. The first-order chi connectivity index (χ1) is 7.53. The lowest BCUT2D eigenvalue weighted by molar-refractivity contribution is -0.127. The number of carbonyl (C=O) groups is 1. The summed E-state index contributed by atoms with van der Waals surface area (Å²) in [5, 5.41) is 3.02. The molecule has 1 rings (SSSR count). The molecule has 94 valence electrons. The van der Waals surface area contributed by atoms with Crippen molar-refractivity contribution in [2.45, 2.75) is 51.6 Å². The van der Waals surface area contributed by atoms with E-state index in [1.165, 1.54) is 0 Å². The molecule has 0 aromatic rings. The van der Waals surface area contributed by atoms with Crippen molar-refractivity contribution >= 4 is 5.91 Å². The first-order valence-corrected chi connectivity index (χ1v) is 6.21. The van der Waals surface area contributed by atoms with Gasteiger partial charge in [-0.15, -0.1) is 0 Å².